The van der Waals surface area contributed by atoms with Crippen molar-refractivity contribution in [3.05, 3.63) is 100 Å². The Morgan fingerprint density at radius 2 is 1.63 bits per heavy atom. The molecule has 3 aromatic carbocycles. The summed E-state index contributed by atoms with van der Waals surface area (Å²) >= 11 is 3.37. The smallest absolute Gasteiger partial charge is 0.244 e. The van der Waals surface area contributed by atoms with Crippen LogP contribution in [0.4, 0.5) is 10.1 Å². The lowest BCUT2D eigenvalue weighted by molar-refractivity contribution is -0.140. The Labute approximate surface area is 249 Å². The highest BCUT2D eigenvalue weighted by Gasteiger charge is 2.34. The van der Waals surface area contributed by atoms with Gasteiger partial charge >= 0.3 is 0 Å². The van der Waals surface area contributed by atoms with Crippen molar-refractivity contribution in [1.82, 2.24) is 10.2 Å². The van der Waals surface area contributed by atoms with E-state index in [-0.39, 0.29) is 24.9 Å². The Balaban J connectivity index is 1.71. The average Bonchev–Trinajstić information content (AvgIpc) is 2.95. The number of hydrogen-bond donors (Lipinski definition) is 1. The molecule has 218 valence electrons. The number of halogens is 2. The van der Waals surface area contributed by atoms with Crippen molar-refractivity contribution >= 4 is 43.5 Å². The Morgan fingerprint density at radius 1 is 0.951 bits per heavy atom. The highest BCUT2D eigenvalue weighted by Crippen LogP contribution is 2.24. The molecule has 2 amide bonds. The van der Waals surface area contributed by atoms with Gasteiger partial charge in [-0.05, 0) is 54.3 Å². The number of carbonyl (C=O) groups excluding carboxylic acids is 2. The average molecular weight is 645 g/mol. The van der Waals surface area contributed by atoms with Crippen LogP contribution >= 0.6 is 15.9 Å². The van der Waals surface area contributed by atoms with E-state index < -0.39 is 34.3 Å². The third-order valence-corrected chi connectivity index (χ3v) is 8.90. The molecular formula is C31H35BrFN3O4S. The predicted octanol–water partition coefficient (Wildman–Crippen LogP) is 5.44. The van der Waals surface area contributed by atoms with Gasteiger partial charge in [0.2, 0.25) is 21.8 Å². The molecule has 1 atom stereocenters. The van der Waals surface area contributed by atoms with Crippen LogP contribution in [0.3, 0.4) is 0 Å². The number of nitrogens with one attached hydrogen (secondary N) is 1. The Hall–Kier alpha value is -3.24. The van der Waals surface area contributed by atoms with Crippen molar-refractivity contribution in [2.75, 3.05) is 17.1 Å². The largest absolute Gasteiger partial charge is 0.352 e. The molecule has 1 fully saturated rings. The summed E-state index contributed by atoms with van der Waals surface area (Å²) in [4.78, 5) is 29.4. The van der Waals surface area contributed by atoms with Gasteiger partial charge in [-0.3, -0.25) is 13.9 Å². The third kappa shape index (κ3) is 8.87. The minimum atomic E-state index is -3.85. The quantitative estimate of drug-likeness (QED) is 0.301. The zero-order valence-corrected chi connectivity index (χ0v) is 25.4. The van der Waals surface area contributed by atoms with E-state index in [1.54, 1.807) is 36.4 Å². The molecule has 0 unspecified atom stereocenters. The van der Waals surface area contributed by atoms with Gasteiger partial charge in [-0.2, -0.15) is 0 Å². The second kappa shape index (κ2) is 14.1. The number of rotatable bonds is 11. The summed E-state index contributed by atoms with van der Waals surface area (Å²) in [6, 6.07) is 20.9. The SMILES string of the molecule is CS(=O)(=O)N(CC(=O)N(Cc1ccc(F)cc1)[C@@H](Cc1ccccc1)C(=O)NC1CCCCC1)c1cccc(Br)c1. The molecule has 3 aromatic rings. The predicted molar refractivity (Wildman–Crippen MR) is 162 cm³/mol. The molecule has 1 N–H and O–H groups in total. The fourth-order valence-corrected chi connectivity index (χ4v) is 6.36. The molecule has 1 saturated carbocycles. The second-order valence-corrected chi connectivity index (χ2v) is 13.3. The zero-order chi connectivity index (χ0) is 29.4. The molecule has 7 nitrogen and oxygen atoms in total. The number of amides is 2. The molecule has 0 spiro atoms. The first-order chi connectivity index (χ1) is 19.6. The summed E-state index contributed by atoms with van der Waals surface area (Å²) in [5.74, 6) is -1.25. The van der Waals surface area contributed by atoms with Gasteiger partial charge in [0.15, 0.2) is 0 Å². The van der Waals surface area contributed by atoms with Crippen molar-refractivity contribution in [3.63, 3.8) is 0 Å². The van der Waals surface area contributed by atoms with Crippen LogP contribution in [-0.4, -0.2) is 50.0 Å². The first kappa shape index (κ1) is 30.7. The number of hydrogen-bond acceptors (Lipinski definition) is 4. The maximum Gasteiger partial charge on any atom is 0.244 e. The molecule has 10 heteroatoms. The minimum absolute atomic E-state index is 0.00475. The van der Waals surface area contributed by atoms with Crippen LogP contribution in [-0.2, 0) is 32.6 Å². The van der Waals surface area contributed by atoms with Crippen LogP contribution in [0, 0.1) is 5.82 Å². The fourth-order valence-electron chi connectivity index (χ4n) is 5.13. The zero-order valence-electron chi connectivity index (χ0n) is 23.0. The van der Waals surface area contributed by atoms with E-state index in [0.717, 1.165) is 48.2 Å². The highest BCUT2D eigenvalue weighted by molar-refractivity contribution is 9.10. The third-order valence-electron chi connectivity index (χ3n) is 7.26. The molecule has 4 rings (SSSR count). The maximum atomic E-state index is 14.1. The molecule has 0 saturated heterocycles. The molecule has 0 heterocycles. The highest BCUT2D eigenvalue weighted by atomic mass is 79.9. The van der Waals surface area contributed by atoms with Gasteiger partial charge in [-0.1, -0.05) is 83.7 Å². The van der Waals surface area contributed by atoms with Gasteiger partial charge in [0.1, 0.15) is 18.4 Å². The van der Waals surface area contributed by atoms with Crippen LogP contribution in [0.25, 0.3) is 0 Å². The second-order valence-electron chi connectivity index (χ2n) is 10.4. The topological polar surface area (TPSA) is 86.8 Å². The van der Waals surface area contributed by atoms with Crippen molar-refractivity contribution in [2.24, 2.45) is 0 Å². The Kier molecular flexibility index (Phi) is 10.6. The van der Waals surface area contributed by atoms with Crippen molar-refractivity contribution in [3.8, 4) is 0 Å². The summed E-state index contributed by atoms with van der Waals surface area (Å²) < 4.78 is 41.2. The maximum absolute atomic E-state index is 14.1. The molecular weight excluding hydrogens is 609 g/mol. The number of anilines is 1. The van der Waals surface area contributed by atoms with Crippen LogP contribution in [0.1, 0.15) is 43.2 Å². The van der Waals surface area contributed by atoms with Crippen LogP contribution in [0.2, 0.25) is 0 Å². The summed E-state index contributed by atoms with van der Waals surface area (Å²) in [5, 5.41) is 3.16. The fraction of sp³-hybridized carbons (Fsp3) is 0.355. The lowest BCUT2D eigenvalue weighted by atomic mass is 9.94. The van der Waals surface area contributed by atoms with Gasteiger partial charge < -0.3 is 10.2 Å². The van der Waals surface area contributed by atoms with Gasteiger partial charge in [-0.15, -0.1) is 0 Å². The lowest BCUT2D eigenvalue weighted by Crippen LogP contribution is -2.55. The van der Waals surface area contributed by atoms with E-state index in [4.69, 9.17) is 0 Å². The summed E-state index contributed by atoms with van der Waals surface area (Å²) in [6.45, 7) is -0.497. The van der Waals surface area contributed by atoms with Crippen molar-refractivity contribution in [2.45, 2.75) is 57.2 Å². The molecule has 1 aliphatic rings. The summed E-state index contributed by atoms with van der Waals surface area (Å²) in [7, 11) is -3.85. The van der Waals surface area contributed by atoms with Crippen LogP contribution in [0.15, 0.2) is 83.3 Å². The first-order valence-corrected chi connectivity index (χ1v) is 16.4. The number of carbonyl (C=O) groups is 2. The number of benzene rings is 3. The van der Waals surface area contributed by atoms with E-state index in [1.807, 2.05) is 30.3 Å². The summed E-state index contributed by atoms with van der Waals surface area (Å²) in [6.07, 6.45) is 6.22. The van der Waals surface area contributed by atoms with E-state index in [9.17, 15) is 22.4 Å². The van der Waals surface area contributed by atoms with Gasteiger partial charge in [0.25, 0.3) is 0 Å². The Morgan fingerprint density at radius 3 is 2.27 bits per heavy atom. The van der Waals surface area contributed by atoms with E-state index in [2.05, 4.69) is 21.2 Å². The monoisotopic (exact) mass is 643 g/mol. The molecule has 1 aliphatic carbocycles. The minimum Gasteiger partial charge on any atom is -0.352 e. The molecule has 41 heavy (non-hydrogen) atoms. The number of nitrogens with zero attached hydrogens (tertiary/aromatic N) is 2. The standard InChI is InChI=1S/C31H35BrFN3O4S/c1-41(39,40)36(28-14-8-11-25(32)20-28)22-30(37)35(21-24-15-17-26(33)18-16-24)29(19-23-9-4-2-5-10-23)31(38)34-27-12-6-3-7-13-27/h2,4-5,8-11,14-18,20,27,29H,3,6-7,12-13,19,21-22H2,1H3,(H,34,38)/t29-/m0/s1. The summed E-state index contributed by atoms with van der Waals surface area (Å²) in [5.41, 5.74) is 1.81. The first-order valence-electron chi connectivity index (χ1n) is 13.7. The molecule has 0 bridgehead atoms. The van der Waals surface area contributed by atoms with Crippen molar-refractivity contribution < 1.29 is 22.4 Å². The number of sulfonamides is 1. The van der Waals surface area contributed by atoms with Crippen molar-refractivity contribution in [1.29, 1.82) is 0 Å². The normalized spacial score (nSPS) is 14.7. The van der Waals surface area contributed by atoms with Gasteiger partial charge in [-0.25, -0.2) is 12.8 Å². The van der Waals surface area contributed by atoms with Gasteiger partial charge in [0, 0.05) is 23.5 Å². The van der Waals surface area contributed by atoms with E-state index >= 15 is 0 Å². The molecule has 0 aliphatic heterocycles. The van der Waals surface area contributed by atoms with E-state index in [0.29, 0.717) is 15.7 Å². The van der Waals surface area contributed by atoms with Gasteiger partial charge in [0.05, 0.1) is 11.9 Å². The van der Waals surface area contributed by atoms with E-state index in [1.165, 1.54) is 17.0 Å². The molecule has 0 aromatic heterocycles. The Bertz CT molecular complexity index is 1430. The lowest BCUT2D eigenvalue weighted by Gasteiger charge is -2.35. The van der Waals surface area contributed by atoms with Crippen LogP contribution < -0.4 is 9.62 Å². The molecule has 0 radical (unpaired) electrons. The van der Waals surface area contributed by atoms with Crippen LogP contribution in [0.5, 0.6) is 0 Å².